The largest absolute Gasteiger partial charge is 0.481 e. The molecule has 1 fully saturated rings. The first-order valence-corrected chi connectivity index (χ1v) is 5.96. The van der Waals surface area contributed by atoms with Gasteiger partial charge >= 0.3 is 5.97 Å². The molecular formula is C12H16N2O4. The maximum absolute atomic E-state index is 12.1. The zero-order valence-electron chi connectivity index (χ0n) is 10.4. The lowest BCUT2D eigenvalue weighted by Crippen LogP contribution is -2.45. The summed E-state index contributed by atoms with van der Waals surface area (Å²) in [4.78, 5) is 24.7. The predicted octanol–water partition coefficient (Wildman–Crippen LogP) is 1.31. The van der Waals surface area contributed by atoms with Crippen molar-refractivity contribution in [3.8, 4) is 0 Å². The van der Waals surface area contributed by atoms with Crippen molar-refractivity contribution in [3.05, 3.63) is 17.5 Å². The number of piperidine rings is 1. The number of aromatic nitrogens is 1. The highest BCUT2D eigenvalue weighted by atomic mass is 16.5. The molecule has 0 aliphatic carbocycles. The fourth-order valence-corrected chi connectivity index (χ4v) is 2.30. The average Bonchev–Trinajstić information content (AvgIpc) is 2.74. The first-order chi connectivity index (χ1) is 8.49. The van der Waals surface area contributed by atoms with Crippen LogP contribution in [0.4, 0.5) is 0 Å². The Bertz CT molecular complexity index is 468. The number of likely N-dealkylation sites (tertiary alicyclic amines) is 1. The molecule has 1 aliphatic rings. The van der Waals surface area contributed by atoms with Crippen LogP contribution >= 0.6 is 0 Å². The fraction of sp³-hybridized carbons (Fsp3) is 0.583. The topological polar surface area (TPSA) is 83.6 Å². The Morgan fingerprint density at radius 3 is 2.78 bits per heavy atom. The number of aryl methyl sites for hydroxylation is 1. The molecule has 98 valence electrons. The molecular weight excluding hydrogens is 236 g/mol. The average molecular weight is 252 g/mol. The van der Waals surface area contributed by atoms with Gasteiger partial charge in [0.25, 0.3) is 5.91 Å². The van der Waals surface area contributed by atoms with Crippen LogP contribution in [0.3, 0.4) is 0 Å². The van der Waals surface area contributed by atoms with E-state index < -0.39 is 5.97 Å². The summed E-state index contributed by atoms with van der Waals surface area (Å²) in [5.74, 6) is -1.15. The Labute approximate surface area is 105 Å². The second-order valence-corrected chi connectivity index (χ2v) is 4.74. The van der Waals surface area contributed by atoms with Crippen molar-refractivity contribution < 1.29 is 19.2 Å². The van der Waals surface area contributed by atoms with Crippen LogP contribution in [0.2, 0.25) is 0 Å². The van der Waals surface area contributed by atoms with Gasteiger partial charge in [-0.3, -0.25) is 9.59 Å². The first kappa shape index (κ1) is 12.6. The lowest BCUT2D eigenvalue weighted by Gasteiger charge is -2.35. The van der Waals surface area contributed by atoms with Crippen molar-refractivity contribution in [2.24, 2.45) is 5.92 Å². The van der Waals surface area contributed by atoms with Gasteiger partial charge in [0.1, 0.15) is 0 Å². The summed E-state index contributed by atoms with van der Waals surface area (Å²) in [5, 5.41) is 12.7. The van der Waals surface area contributed by atoms with E-state index in [2.05, 4.69) is 5.16 Å². The Hall–Kier alpha value is -1.85. The number of aliphatic carboxylic acids is 1. The molecule has 1 aromatic heterocycles. The maximum atomic E-state index is 12.1. The molecule has 0 aromatic carbocycles. The molecule has 1 N–H and O–H groups in total. The van der Waals surface area contributed by atoms with Gasteiger partial charge in [-0.25, -0.2) is 0 Å². The zero-order chi connectivity index (χ0) is 13.3. The Kier molecular flexibility index (Phi) is 3.36. The summed E-state index contributed by atoms with van der Waals surface area (Å²) in [6.45, 7) is 4.05. The zero-order valence-corrected chi connectivity index (χ0v) is 10.4. The Morgan fingerprint density at radius 2 is 2.28 bits per heavy atom. The molecule has 6 heteroatoms. The van der Waals surface area contributed by atoms with Gasteiger partial charge in [0.05, 0.1) is 11.6 Å². The molecule has 1 aromatic rings. The SMILES string of the molecule is Cc1cc(C(=O)N2CCC(C(=O)O)CC2C)on1. The molecule has 0 saturated carbocycles. The molecule has 1 amide bonds. The third kappa shape index (κ3) is 2.37. The predicted molar refractivity (Wildman–Crippen MR) is 62.1 cm³/mol. The van der Waals surface area contributed by atoms with Crippen LogP contribution in [0.5, 0.6) is 0 Å². The van der Waals surface area contributed by atoms with Crippen LogP contribution in [-0.2, 0) is 4.79 Å². The van der Waals surface area contributed by atoms with Crippen LogP contribution in [0.25, 0.3) is 0 Å². The number of carboxylic acid groups (broad SMARTS) is 1. The number of nitrogens with zero attached hydrogens (tertiary/aromatic N) is 2. The number of carbonyl (C=O) groups excluding carboxylic acids is 1. The van der Waals surface area contributed by atoms with E-state index >= 15 is 0 Å². The van der Waals surface area contributed by atoms with Crippen molar-refractivity contribution in [2.45, 2.75) is 32.7 Å². The van der Waals surface area contributed by atoms with Gasteiger partial charge in [0.15, 0.2) is 0 Å². The quantitative estimate of drug-likeness (QED) is 0.857. The van der Waals surface area contributed by atoms with Gasteiger partial charge in [-0.05, 0) is 26.7 Å². The third-order valence-corrected chi connectivity index (χ3v) is 3.33. The van der Waals surface area contributed by atoms with Crippen molar-refractivity contribution in [2.75, 3.05) is 6.54 Å². The van der Waals surface area contributed by atoms with Crippen LogP contribution in [0, 0.1) is 12.8 Å². The third-order valence-electron chi connectivity index (χ3n) is 3.33. The molecule has 6 nitrogen and oxygen atoms in total. The van der Waals surface area contributed by atoms with E-state index in [1.54, 1.807) is 17.9 Å². The van der Waals surface area contributed by atoms with Gasteiger partial charge in [0, 0.05) is 18.7 Å². The molecule has 2 atom stereocenters. The van der Waals surface area contributed by atoms with Crippen LogP contribution in [0.1, 0.15) is 36.0 Å². The number of amides is 1. The molecule has 1 saturated heterocycles. The molecule has 2 rings (SSSR count). The molecule has 0 radical (unpaired) electrons. The second-order valence-electron chi connectivity index (χ2n) is 4.74. The van der Waals surface area contributed by atoms with E-state index in [1.807, 2.05) is 6.92 Å². The summed E-state index contributed by atoms with van der Waals surface area (Å²) < 4.78 is 4.94. The minimum absolute atomic E-state index is 0.0993. The maximum Gasteiger partial charge on any atom is 0.306 e. The summed E-state index contributed by atoms with van der Waals surface area (Å²) >= 11 is 0. The minimum Gasteiger partial charge on any atom is -0.481 e. The van der Waals surface area contributed by atoms with Crippen LogP contribution in [0.15, 0.2) is 10.6 Å². The van der Waals surface area contributed by atoms with E-state index in [1.165, 1.54) is 0 Å². The molecule has 0 spiro atoms. The fourth-order valence-electron chi connectivity index (χ4n) is 2.30. The van der Waals surface area contributed by atoms with E-state index in [-0.39, 0.29) is 23.6 Å². The summed E-state index contributed by atoms with van der Waals surface area (Å²) in [6.07, 6.45) is 0.965. The molecule has 1 aliphatic heterocycles. The van der Waals surface area contributed by atoms with Crippen LogP contribution < -0.4 is 0 Å². The summed E-state index contributed by atoms with van der Waals surface area (Å²) in [6, 6.07) is 1.50. The first-order valence-electron chi connectivity index (χ1n) is 5.96. The van der Waals surface area contributed by atoms with Crippen molar-refractivity contribution >= 4 is 11.9 Å². The van der Waals surface area contributed by atoms with Gasteiger partial charge in [0.2, 0.25) is 5.76 Å². The van der Waals surface area contributed by atoms with E-state index in [0.29, 0.717) is 25.1 Å². The Morgan fingerprint density at radius 1 is 1.56 bits per heavy atom. The van der Waals surface area contributed by atoms with E-state index in [0.717, 1.165) is 0 Å². The number of carboxylic acids is 1. The molecule has 0 bridgehead atoms. The molecule has 2 heterocycles. The van der Waals surface area contributed by atoms with Crippen molar-refractivity contribution in [1.82, 2.24) is 10.1 Å². The highest BCUT2D eigenvalue weighted by molar-refractivity contribution is 5.91. The van der Waals surface area contributed by atoms with Gasteiger partial charge in [-0.1, -0.05) is 5.16 Å². The van der Waals surface area contributed by atoms with Gasteiger partial charge in [-0.2, -0.15) is 0 Å². The smallest absolute Gasteiger partial charge is 0.306 e. The Balaban J connectivity index is 2.07. The van der Waals surface area contributed by atoms with Crippen molar-refractivity contribution in [1.29, 1.82) is 0 Å². The lowest BCUT2D eigenvalue weighted by molar-refractivity contribution is -0.143. The number of rotatable bonds is 2. The number of carbonyl (C=O) groups is 2. The normalized spacial score (nSPS) is 24.0. The van der Waals surface area contributed by atoms with Crippen LogP contribution in [-0.4, -0.2) is 39.6 Å². The number of hydrogen-bond donors (Lipinski definition) is 1. The monoisotopic (exact) mass is 252 g/mol. The highest BCUT2D eigenvalue weighted by Gasteiger charge is 2.33. The number of hydrogen-bond acceptors (Lipinski definition) is 4. The van der Waals surface area contributed by atoms with E-state index in [4.69, 9.17) is 9.63 Å². The standard InChI is InChI=1S/C12H16N2O4/c1-7-5-10(18-13-7)11(15)14-4-3-9(12(16)17)6-8(14)2/h5,8-9H,3-4,6H2,1-2H3,(H,16,17). The molecule has 18 heavy (non-hydrogen) atoms. The van der Waals surface area contributed by atoms with Crippen molar-refractivity contribution in [3.63, 3.8) is 0 Å². The highest BCUT2D eigenvalue weighted by Crippen LogP contribution is 2.24. The summed E-state index contributed by atoms with van der Waals surface area (Å²) in [7, 11) is 0. The summed E-state index contributed by atoms with van der Waals surface area (Å²) in [5.41, 5.74) is 0.659. The second kappa shape index (κ2) is 4.80. The minimum atomic E-state index is -0.788. The van der Waals surface area contributed by atoms with Gasteiger partial charge in [-0.15, -0.1) is 0 Å². The lowest BCUT2D eigenvalue weighted by atomic mass is 9.91. The molecule has 2 unspecified atom stereocenters. The van der Waals surface area contributed by atoms with Gasteiger partial charge < -0.3 is 14.5 Å². The van der Waals surface area contributed by atoms with E-state index in [9.17, 15) is 9.59 Å².